The summed E-state index contributed by atoms with van der Waals surface area (Å²) < 4.78 is 0. The summed E-state index contributed by atoms with van der Waals surface area (Å²) in [5, 5.41) is 0. The molecule has 0 bridgehead atoms. The van der Waals surface area contributed by atoms with Gasteiger partial charge in [0.1, 0.15) is 0 Å². The van der Waals surface area contributed by atoms with Gasteiger partial charge in [0.2, 0.25) is 0 Å². The van der Waals surface area contributed by atoms with E-state index >= 15 is 0 Å². The van der Waals surface area contributed by atoms with Crippen molar-refractivity contribution in [3.63, 3.8) is 0 Å². The van der Waals surface area contributed by atoms with E-state index in [4.69, 9.17) is 0 Å². The van der Waals surface area contributed by atoms with Gasteiger partial charge in [0.25, 0.3) is 0 Å². The zero-order valence-corrected chi connectivity index (χ0v) is 6.41. The van der Waals surface area contributed by atoms with Gasteiger partial charge in [0.05, 0.1) is 0 Å². The number of rotatable bonds is 2. The van der Waals surface area contributed by atoms with Crippen LogP contribution in [-0.4, -0.2) is 0 Å². The quantitative estimate of drug-likeness (QED) is 0.495. The van der Waals surface area contributed by atoms with Crippen LogP contribution in [0.3, 0.4) is 0 Å². The Labute approximate surface area is 58.7 Å². The van der Waals surface area contributed by atoms with Crippen LogP contribution in [0.5, 0.6) is 0 Å². The molecule has 0 saturated heterocycles. The van der Waals surface area contributed by atoms with Crippen LogP contribution < -0.4 is 0 Å². The molecule has 0 rings (SSSR count). The van der Waals surface area contributed by atoms with Crippen LogP contribution in [0.15, 0.2) is 0 Å². The maximum absolute atomic E-state index is 3.76. The van der Waals surface area contributed by atoms with Crippen LogP contribution >= 0.6 is 0 Å². The van der Waals surface area contributed by atoms with Gasteiger partial charge in [-0.1, -0.05) is 20.8 Å². The van der Waals surface area contributed by atoms with Gasteiger partial charge < -0.3 is 0 Å². The molecule has 0 aliphatic rings. The molecule has 9 heavy (non-hydrogen) atoms. The van der Waals surface area contributed by atoms with Gasteiger partial charge in [-0.3, -0.25) is 0 Å². The Balaban J connectivity index is 3.33. The van der Waals surface area contributed by atoms with Crippen LogP contribution in [0.4, 0.5) is 0 Å². The van der Waals surface area contributed by atoms with Crippen molar-refractivity contribution in [1.82, 2.24) is 0 Å². The molecule has 1 unspecified atom stereocenters. The van der Waals surface area contributed by atoms with Crippen molar-refractivity contribution in [3.05, 3.63) is 6.92 Å². The average molecular weight is 123 g/mol. The smallest absolute Gasteiger partial charge is 0.0174 e. The normalized spacial score (nSPS) is 11.9. The topological polar surface area (TPSA) is 0 Å². The standard InChI is InChI=1S/C9H15/c1-4-6-7-8-9(3)5-2/h9H,2,4-6H2,1,3H3. The van der Waals surface area contributed by atoms with Crippen LogP contribution in [0, 0.1) is 24.7 Å². The lowest BCUT2D eigenvalue weighted by molar-refractivity contribution is 0.768. The zero-order valence-electron chi connectivity index (χ0n) is 6.41. The summed E-state index contributed by atoms with van der Waals surface area (Å²) in [6, 6.07) is 0. The Morgan fingerprint density at radius 1 is 1.56 bits per heavy atom. The van der Waals surface area contributed by atoms with Crippen molar-refractivity contribution < 1.29 is 0 Å². The molecule has 0 aromatic heterocycles. The SMILES string of the molecule is [CH2]CC(C)C#CCCC. The molecule has 0 N–H and O–H groups in total. The zero-order chi connectivity index (χ0) is 7.11. The molecule has 0 nitrogen and oxygen atoms in total. The summed E-state index contributed by atoms with van der Waals surface area (Å²) in [6.45, 7) is 8.01. The fourth-order valence-corrected chi connectivity index (χ4v) is 0.444. The summed E-state index contributed by atoms with van der Waals surface area (Å²) in [5.74, 6) is 6.70. The molecule has 0 aromatic rings. The predicted molar refractivity (Wildman–Crippen MR) is 41.8 cm³/mol. The van der Waals surface area contributed by atoms with Crippen molar-refractivity contribution in [3.8, 4) is 11.8 Å². The molecule has 0 saturated carbocycles. The van der Waals surface area contributed by atoms with Crippen molar-refractivity contribution in [2.45, 2.75) is 33.1 Å². The van der Waals surface area contributed by atoms with Crippen LogP contribution in [-0.2, 0) is 0 Å². The molecule has 0 spiro atoms. The molecular weight excluding hydrogens is 108 g/mol. The third-order valence-corrected chi connectivity index (χ3v) is 1.16. The molecule has 0 fully saturated rings. The molecule has 0 heteroatoms. The van der Waals surface area contributed by atoms with Gasteiger partial charge in [0.15, 0.2) is 0 Å². The molecule has 0 heterocycles. The van der Waals surface area contributed by atoms with E-state index in [-0.39, 0.29) is 0 Å². The lowest BCUT2D eigenvalue weighted by Gasteiger charge is -1.93. The molecule has 1 atom stereocenters. The van der Waals surface area contributed by atoms with Gasteiger partial charge in [-0.15, -0.1) is 11.8 Å². The van der Waals surface area contributed by atoms with Gasteiger partial charge in [-0.2, -0.15) is 0 Å². The van der Waals surface area contributed by atoms with E-state index in [2.05, 4.69) is 32.6 Å². The lowest BCUT2D eigenvalue weighted by Crippen LogP contribution is -1.84. The van der Waals surface area contributed by atoms with Gasteiger partial charge in [0, 0.05) is 12.3 Å². The highest BCUT2D eigenvalue weighted by molar-refractivity contribution is 5.02. The maximum atomic E-state index is 3.76. The van der Waals surface area contributed by atoms with E-state index in [0.717, 1.165) is 19.3 Å². The predicted octanol–water partition coefficient (Wildman–Crippen LogP) is 2.65. The minimum absolute atomic E-state index is 0.483. The fourth-order valence-electron chi connectivity index (χ4n) is 0.444. The van der Waals surface area contributed by atoms with E-state index in [1.54, 1.807) is 0 Å². The molecule has 0 amide bonds. The second-order valence-electron chi connectivity index (χ2n) is 2.26. The highest BCUT2D eigenvalue weighted by Crippen LogP contribution is 1.96. The summed E-state index contributed by atoms with van der Waals surface area (Å²) in [4.78, 5) is 0. The Hall–Kier alpha value is -0.440. The van der Waals surface area contributed by atoms with E-state index in [1.807, 2.05) is 0 Å². The molecule has 0 aliphatic heterocycles. The van der Waals surface area contributed by atoms with E-state index < -0.39 is 0 Å². The number of unbranched alkanes of at least 4 members (excludes halogenated alkanes) is 1. The Morgan fingerprint density at radius 2 is 2.22 bits per heavy atom. The molecule has 0 aliphatic carbocycles. The minimum atomic E-state index is 0.483. The highest BCUT2D eigenvalue weighted by Gasteiger charge is 1.87. The minimum Gasteiger partial charge on any atom is -0.103 e. The first-order valence-corrected chi connectivity index (χ1v) is 3.58. The van der Waals surface area contributed by atoms with E-state index in [0.29, 0.717) is 5.92 Å². The first-order valence-electron chi connectivity index (χ1n) is 3.58. The second-order valence-corrected chi connectivity index (χ2v) is 2.26. The van der Waals surface area contributed by atoms with Crippen molar-refractivity contribution >= 4 is 0 Å². The largest absolute Gasteiger partial charge is 0.103 e. The molecule has 51 valence electrons. The number of hydrogen-bond donors (Lipinski definition) is 0. The van der Waals surface area contributed by atoms with Crippen molar-refractivity contribution in [1.29, 1.82) is 0 Å². The van der Waals surface area contributed by atoms with Gasteiger partial charge in [-0.05, 0) is 12.8 Å². The van der Waals surface area contributed by atoms with E-state index in [9.17, 15) is 0 Å². The Kier molecular flexibility index (Phi) is 5.41. The third kappa shape index (κ3) is 5.43. The fraction of sp³-hybridized carbons (Fsp3) is 0.667. The van der Waals surface area contributed by atoms with Crippen molar-refractivity contribution in [2.75, 3.05) is 0 Å². The summed E-state index contributed by atoms with van der Waals surface area (Å²) >= 11 is 0. The second kappa shape index (κ2) is 5.69. The summed E-state index contributed by atoms with van der Waals surface area (Å²) in [6.07, 6.45) is 3.12. The third-order valence-electron chi connectivity index (χ3n) is 1.16. The lowest BCUT2D eigenvalue weighted by atomic mass is 10.1. The monoisotopic (exact) mass is 123 g/mol. The number of hydrogen-bond acceptors (Lipinski definition) is 0. The summed E-state index contributed by atoms with van der Waals surface area (Å²) in [5.41, 5.74) is 0. The average Bonchev–Trinajstić information content (AvgIpc) is 1.89. The first kappa shape index (κ1) is 8.56. The highest BCUT2D eigenvalue weighted by atomic mass is 13.9. The van der Waals surface area contributed by atoms with Crippen LogP contribution in [0.2, 0.25) is 0 Å². The van der Waals surface area contributed by atoms with Gasteiger partial charge in [-0.25, -0.2) is 0 Å². The van der Waals surface area contributed by atoms with Gasteiger partial charge >= 0.3 is 0 Å². The van der Waals surface area contributed by atoms with Crippen molar-refractivity contribution in [2.24, 2.45) is 5.92 Å². The molecular formula is C9H15. The van der Waals surface area contributed by atoms with E-state index in [1.165, 1.54) is 0 Å². The Bertz CT molecular complexity index is 103. The summed E-state index contributed by atoms with van der Waals surface area (Å²) in [7, 11) is 0. The Morgan fingerprint density at radius 3 is 2.67 bits per heavy atom. The van der Waals surface area contributed by atoms with Crippen LogP contribution in [0.25, 0.3) is 0 Å². The maximum Gasteiger partial charge on any atom is 0.0174 e. The van der Waals surface area contributed by atoms with Crippen LogP contribution in [0.1, 0.15) is 33.1 Å². The first-order chi connectivity index (χ1) is 4.31. The molecule has 1 radical (unpaired) electrons. The molecule has 0 aromatic carbocycles.